The van der Waals surface area contributed by atoms with E-state index in [1.165, 1.54) is 0 Å². The molecule has 1 aliphatic heterocycles. The molecule has 0 aromatic heterocycles. The lowest BCUT2D eigenvalue weighted by molar-refractivity contribution is -0.134. The molecule has 114 valence electrons. The van der Waals surface area contributed by atoms with Crippen LogP contribution in [0.15, 0.2) is 12.2 Å². The Morgan fingerprint density at radius 2 is 1.90 bits per heavy atom. The lowest BCUT2D eigenvalue weighted by atomic mass is 9.93. The van der Waals surface area contributed by atoms with Gasteiger partial charge >= 0.3 is 0 Å². The van der Waals surface area contributed by atoms with Gasteiger partial charge in [-0.3, -0.25) is 4.79 Å². The second-order valence-electron chi connectivity index (χ2n) is 6.83. The van der Waals surface area contributed by atoms with Crippen LogP contribution in [0.1, 0.15) is 46.5 Å². The number of hydrogen-bond acceptors (Lipinski definition) is 3. The number of likely N-dealkylation sites (tertiary alicyclic amines) is 1. The van der Waals surface area contributed by atoms with Crippen molar-refractivity contribution in [3.05, 3.63) is 12.2 Å². The molecule has 1 saturated heterocycles. The standard InChI is InChI=1S/C15H25NO3S/c1-15(2,3)20(18,19)13-9-10-16(11-13)14(17)12-7-5-4-6-8-12/h4-5,12-13H,6-11H2,1-3H3/t12-,13-/m1/s1. The van der Waals surface area contributed by atoms with Crippen molar-refractivity contribution < 1.29 is 13.2 Å². The van der Waals surface area contributed by atoms with E-state index in [1.54, 1.807) is 25.7 Å². The second-order valence-corrected chi connectivity index (χ2v) is 9.82. The molecule has 2 rings (SSSR count). The SMILES string of the molecule is CC(C)(C)S(=O)(=O)[C@@H]1CCN(C(=O)[C@@H]2CC=CCC2)C1. The number of hydrogen-bond donors (Lipinski definition) is 0. The van der Waals surface area contributed by atoms with Gasteiger partial charge in [0.2, 0.25) is 5.91 Å². The summed E-state index contributed by atoms with van der Waals surface area (Å²) in [6.45, 7) is 6.16. The predicted molar refractivity (Wildman–Crippen MR) is 80.1 cm³/mol. The van der Waals surface area contributed by atoms with Crippen molar-refractivity contribution in [3.8, 4) is 0 Å². The molecule has 5 heteroatoms. The molecule has 0 saturated carbocycles. The molecule has 4 nitrogen and oxygen atoms in total. The van der Waals surface area contributed by atoms with Crippen molar-refractivity contribution in [1.29, 1.82) is 0 Å². The lowest BCUT2D eigenvalue weighted by Crippen LogP contribution is -2.41. The van der Waals surface area contributed by atoms with Gasteiger partial charge in [0.1, 0.15) is 0 Å². The van der Waals surface area contributed by atoms with Crippen LogP contribution in [0.4, 0.5) is 0 Å². The van der Waals surface area contributed by atoms with Gasteiger partial charge in [0, 0.05) is 19.0 Å². The highest BCUT2D eigenvalue weighted by molar-refractivity contribution is 7.93. The van der Waals surface area contributed by atoms with Crippen LogP contribution >= 0.6 is 0 Å². The van der Waals surface area contributed by atoms with Crippen molar-refractivity contribution in [2.45, 2.75) is 56.5 Å². The lowest BCUT2D eigenvalue weighted by Gasteiger charge is -2.26. The van der Waals surface area contributed by atoms with Crippen LogP contribution in [0.2, 0.25) is 0 Å². The van der Waals surface area contributed by atoms with E-state index in [0.29, 0.717) is 19.5 Å². The number of sulfone groups is 1. The Morgan fingerprint density at radius 3 is 2.45 bits per heavy atom. The molecule has 0 radical (unpaired) electrons. The fourth-order valence-electron chi connectivity index (χ4n) is 2.96. The molecular formula is C15H25NO3S. The van der Waals surface area contributed by atoms with E-state index in [9.17, 15) is 13.2 Å². The molecule has 0 spiro atoms. The Morgan fingerprint density at radius 1 is 1.20 bits per heavy atom. The molecule has 1 aliphatic carbocycles. The topological polar surface area (TPSA) is 54.5 Å². The average Bonchev–Trinajstić information content (AvgIpc) is 2.87. The number of rotatable bonds is 2. The molecular weight excluding hydrogens is 274 g/mol. The molecule has 1 fully saturated rings. The monoisotopic (exact) mass is 299 g/mol. The Kier molecular flexibility index (Phi) is 4.28. The smallest absolute Gasteiger partial charge is 0.226 e. The Bertz CT molecular complexity index is 502. The molecule has 1 heterocycles. The summed E-state index contributed by atoms with van der Waals surface area (Å²) in [5, 5.41) is -0.398. The Balaban J connectivity index is 2.02. The third-order valence-electron chi connectivity index (χ3n) is 4.37. The van der Waals surface area contributed by atoms with Gasteiger partial charge in [-0.05, 0) is 46.5 Å². The van der Waals surface area contributed by atoms with Crippen molar-refractivity contribution in [2.24, 2.45) is 5.92 Å². The van der Waals surface area contributed by atoms with Gasteiger partial charge < -0.3 is 4.90 Å². The van der Waals surface area contributed by atoms with E-state index in [4.69, 9.17) is 0 Å². The van der Waals surface area contributed by atoms with Crippen LogP contribution in [0.3, 0.4) is 0 Å². The molecule has 2 aliphatic rings. The molecule has 0 N–H and O–H groups in total. The maximum absolute atomic E-state index is 12.4. The second kappa shape index (κ2) is 5.51. The summed E-state index contributed by atoms with van der Waals surface area (Å²) < 4.78 is 24.2. The molecule has 0 aromatic rings. The van der Waals surface area contributed by atoms with Crippen LogP contribution < -0.4 is 0 Å². The normalized spacial score (nSPS) is 27.9. The highest BCUT2D eigenvalue weighted by Gasteiger charge is 2.42. The highest BCUT2D eigenvalue weighted by atomic mass is 32.2. The highest BCUT2D eigenvalue weighted by Crippen LogP contribution is 2.29. The summed E-state index contributed by atoms with van der Waals surface area (Å²) in [5.74, 6) is 0.192. The summed E-state index contributed by atoms with van der Waals surface area (Å²) in [5.41, 5.74) is 0. The van der Waals surface area contributed by atoms with Crippen LogP contribution in [0.5, 0.6) is 0 Å². The zero-order valence-corrected chi connectivity index (χ0v) is 13.4. The largest absolute Gasteiger partial charge is 0.341 e. The summed E-state index contributed by atoms with van der Waals surface area (Å²) in [4.78, 5) is 14.2. The van der Waals surface area contributed by atoms with Gasteiger partial charge in [-0.15, -0.1) is 0 Å². The molecule has 0 unspecified atom stereocenters. The average molecular weight is 299 g/mol. The minimum atomic E-state index is -3.18. The maximum Gasteiger partial charge on any atom is 0.226 e. The van der Waals surface area contributed by atoms with E-state index in [0.717, 1.165) is 19.3 Å². The van der Waals surface area contributed by atoms with E-state index in [2.05, 4.69) is 12.2 Å². The minimum Gasteiger partial charge on any atom is -0.341 e. The summed E-state index contributed by atoms with van der Waals surface area (Å²) in [6, 6.07) is 0. The van der Waals surface area contributed by atoms with Crippen LogP contribution in [-0.2, 0) is 14.6 Å². The zero-order chi connectivity index (χ0) is 15.0. The van der Waals surface area contributed by atoms with Gasteiger partial charge in [0.05, 0.1) is 10.00 Å². The van der Waals surface area contributed by atoms with Gasteiger partial charge in [-0.25, -0.2) is 8.42 Å². The number of nitrogens with zero attached hydrogens (tertiary/aromatic N) is 1. The van der Waals surface area contributed by atoms with Crippen molar-refractivity contribution in [2.75, 3.05) is 13.1 Å². The number of carbonyl (C=O) groups excluding carboxylic acids is 1. The molecule has 2 atom stereocenters. The molecule has 0 bridgehead atoms. The van der Waals surface area contributed by atoms with Gasteiger partial charge in [0.25, 0.3) is 0 Å². The number of amides is 1. The first-order valence-electron chi connectivity index (χ1n) is 7.40. The van der Waals surface area contributed by atoms with Crippen molar-refractivity contribution in [3.63, 3.8) is 0 Å². The van der Waals surface area contributed by atoms with Crippen molar-refractivity contribution >= 4 is 15.7 Å². The third-order valence-corrected chi connectivity index (χ3v) is 7.34. The van der Waals surface area contributed by atoms with Crippen molar-refractivity contribution in [1.82, 2.24) is 4.90 Å². The number of allylic oxidation sites excluding steroid dienone is 2. The minimum absolute atomic E-state index is 0.0519. The fourth-order valence-corrected chi connectivity index (χ4v) is 4.75. The maximum atomic E-state index is 12.4. The Labute approximate surface area is 122 Å². The van der Waals surface area contributed by atoms with Crippen LogP contribution in [-0.4, -0.2) is 42.3 Å². The van der Waals surface area contributed by atoms with Gasteiger partial charge in [0.15, 0.2) is 9.84 Å². The molecule has 1 amide bonds. The first-order chi connectivity index (χ1) is 9.23. The fraction of sp³-hybridized carbons (Fsp3) is 0.800. The third kappa shape index (κ3) is 2.92. The van der Waals surface area contributed by atoms with E-state index in [-0.39, 0.29) is 11.8 Å². The zero-order valence-electron chi connectivity index (χ0n) is 12.6. The first-order valence-corrected chi connectivity index (χ1v) is 8.95. The van der Waals surface area contributed by atoms with Crippen LogP contribution in [0, 0.1) is 5.92 Å². The molecule has 0 aromatic carbocycles. The number of carbonyl (C=O) groups is 1. The van der Waals surface area contributed by atoms with Crippen LogP contribution in [0.25, 0.3) is 0 Å². The first kappa shape index (κ1) is 15.5. The summed E-state index contributed by atoms with van der Waals surface area (Å²) in [7, 11) is -3.18. The summed E-state index contributed by atoms with van der Waals surface area (Å²) >= 11 is 0. The van der Waals surface area contributed by atoms with E-state index >= 15 is 0 Å². The Hall–Kier alpha value is -0.840. The quantitative estimate of drug-likeness (QED) is 0.734. The van der Waals surface area contributed by atoms with E-state index in [1.807, 2.05) is 0 Å². The van der Waals surface area contributed by atoms with E-state index < -0.39 is 19.8 Å². The van der Waals surface area contributed by atoms with Gasteiger partial charge in [-0.2, -0.15) is 0 Å². The molecule has 20 heavy (non-hydrogen) atoms. The predicted octanol–water partition coefficient (Wildman–Crippen LogP) is 2.16. The van der Waals surface area contributed by atoms with Gasteiger partial charge in [-0.1, -0.05) is 12.2 Å². The summed E-state index contributed by atoms with van der Waals surface area (Å²) in [6.07, 6.45) is 7.39.